The van der Waals surface area contributed by atoms with Crippen molar-refractivity contribution in [3.8, 4) is 0 Å². The molecule has 24 heteroatoms. The molecule has 0 aliphatic carbocycles. The lowest BCUT2D eigenvalue weighted by atomic mass is 9.94. The van der Waals surface area contributed by atoms with Crippen LogP contribution in [0.4, 0.5) is 0 Å². The van der Waals surface area contributed by atoms with Crippen molar-refractivity contribution in [2.75, 3.05) is 13.2 Å². The molecule has 5 saturated heterocycles. The van der Waals surface area contributed by atoms with Crippen molar-refractivity contribution in [2.45, 2.75) is 181 Å². The van der Waals surface area contributed by atoms with Gasteiger partial charge in [0.25, 0.3) is 0 Å². The van der Waals surface area contributed by atoms with E-state index in [9.17, 15) is 71.2 Å². The van der Waals surface area contributed by atoms with Gasteiger partial charge in [-0.3, -0.25) is 4.79 Å². The van der Waals surface area contributed by atoms with E-state index in [4.69, 9.17) is 42.6 Å². The number of rotatable bonds is 11. The standard InChI is InChI=1S/C32H55NO23/c1-7-14(37)19(42)21(44)30(49-7)55-26-16(39)8(2)48-28(47)27(26)56-29-13(33-10(4)36)24(18(41)12(6-35)51-29)53-32-23(46)25(15(38)9(3)50-32)54-31-22(45)20(43)17(40)11(5-34)52-31/h7-9,11-32,34-35,37-47H,5-6H2,1-4H3,(H,33,36)/t7-,8+,9+,11-,12-,13-,14+,15-,16-,17-,18-,19+,20+,21+,22-,23+,24-,25-,26-,27+,28+,29+,30-,31-,32+/m1/s1. The highest BCUT2D eigenvalue weighted by molar-refractivity contribution is 5.73. The summed E-state index contributed by atoms with van der Waals surface area (Å²) in [6.07, 6.45) is -40.0. The van der Waals surface area contributed by atoms with E-state index in [0.717, 1.165) is 6.92 Å². The first-order valence-electron chi connectivity index (χ1n) is 18.2. The van der Waals surface area contributed by atoms with Crippen molar-refractivity contribution in [3.05, 3.63) is 0 Å². The number of amides is 1. The summed E-state index contributed by atoms with van der Waals surface area (Å²) in [4.78, 5) is 12.6. The van der Waals surface area contributed by atoms with Gasteiger partial charge in [-0.2, -0.15) is 0 Å². The van der Waals surface area contributed by atoms with Gasteiger partial charge in [-0.25, -0.2) is 0 Å². The van der Waals surface area contributed by atoms with Crippen LogP contribution in [0.3, 0.4) is 0 Å². The van der Waals surface area contributed by atoms with Crippen molar-refractivity contribution < 1.29 is 114 Å². The van der Waals surface area contributed by atoms with Crippen LogP contribution in [-0.2, 0) is 47.4 Å². The van der Waals surface area contributed by atoms with Gasteiger partial charge in [-0.05, 0) is 20.8 Å². The molecule has 0 radical (unpaired) electrons. The lowest BCUT2D eigenvalue weighted by molar-refractivity contribution is -0.388. The van der Waals surface area contributed by atoms with Crippen LogP contribution in [0.15, 0.2) is 0 Å². The van der Waals surface area contributed by atoms with Gasteiger partial charge in [-0.15, -0.1) is 0 Å². The maximum Gasteiger partial charge on any atom is 0.217 e. The Labute approximate surface area is 319 Å². The summed E-state index contributed by atoms with van der Waals surface area (Å²) in [5.74, 6) is -0.754. The summed E-state index contributed by atoms with van der Waals surface area (Å²) in [5.41, 5.74) is 0. The molecule has 5 fully saturated rings. The van der Waals surface area contributed by atoms with E-state index in [1.807, 2.05) is 0 Å². The largest absolute Gasteiger partial charge is 0.394 e. The molecule has 5 aliphatic rings. The fraction of sp³-hybridized carbons (Fsp3) is 0.969. The highest BCUT2D eigenvalue weighted by Gasteiger charge is 2.56. The molecule has 25 atom stereocenters. The second kappa shape index (κ2) is 18.9. The van der Waals surface area contributed by atoms with Crippen LogP contribution in [0.5, 0.6) is 0 Å². The highest BCUT2D eigenvalue weighted by atomic mass is 16.8. The predicted molar refractivity (Wildman–Crippen MR) is 174 cm³/mol. The molecule has 0 aromatic carbocycles. The first-order valence-corrected chi connectivity index (χ1v) is 18.2. The number of carbonyl (C=O) groups excluding carboxylic acids is 1. The van der Waals surface area contributed by atoms with Gasteiger partial charge in [0.15, 0.2) is 31.5 Å². The zero-order valence-corrected chi connectivity index (χ0v) is 30.7. The Morgan fingerprint density at radius 1 is 0.464 bits per heavy atom. The van der Waals surface area contributed by atoms with Gasteiger partial charge in [0.05, 0.1) is 31.5 Å². The summed E-state index contributed by atoms with van der Waals surface area (Å²) >= 11 is 0. The smallest absolute Gasteiger partial charge is 0.217 e. The van der Waals surface area contributed by atoms with Crippen LogP contribution in [0, 0.1) is 0 Å². The topological polar surface area (TPSA) is 375 Å². The Balaban J connectivity index is 1.40. The minimum atomic E-state index is -1.99. The number of carbonyl (C=O) groups is 1. The molecular weight excluding hydrogens is 766 g/mol. The molecule has 56 heavy (non-hydrogen) atoms. The average molecular weight is 822 g/mol. The first-order chi connectivity index (χ1) is 26.3. The van der Waals surface area contributed by atoms with E-state index in [0.29, 0.717) is 0 Å². The van der Waals surface area contributed by atoms with Crippen molar-refractivity contribution in [2.24, 2.45) is 0 Å². The van der Waals surface area contributed by atoms with Crippen molar-refractivity contribution >= 4 is 5.91 Å². The average Bonchev–Trinajstić information content (AvgIpc) is 3.15. The van der Waals surface area contributed by atoms with Crippen molar-refractivity contribution in [1.82, 2.24) is 5.32 Å². The maximum atomic E-state index is 12.6. The molecule has 24 nitrogen and oxygen atoms in total. The van der Waals surface area contributed by atoms with Crippen LogP contribution in [0.2, 0.25) is 0 Å². The summed E-state index contributed by atoms with van der Waals surface area (Å²) in [6.45, 7) is 3.48. The molecule has 5 aliphatic heterocycles. The number of nitrogens with one attached hydrogen (secondary N) is 1. The monoisotopic (exact) mass is 821 g/mol. The van der Waals surface area contributed by atoms with E-state index in [-0.39, 0.29) is 0 Å². The van der Waals surface area contributed by atoms with Gasteiger partial charge >= 0.3 is 0 Å². The number of hydrogen-bond donors (Lipinski definition) is 14. The van der Waals surface area contributed by atoms with Gasteiger partial charge in [0.1, 0.15) is 104 Å². The summed E-state index contributed by atoms with van der Waals surface area (Å²) in [6, 6.07) is -1.61. The molecule has 0 bridgehead atoms. The molecule has 0 spiro atoms. The summed E-state index contributed by atoms with van der Waals surface area (Å²) in [7, 11) is 0. The molecule has 5 heterocycles. The predicted octanol–water partition coefficient (Wildman–Crippen LogP) is -8.70. The Morgan fingerprint density at radius 3 is 1.48 bits per heavy atom. The number of hydrogen-bond acceptors (Lipinski definition) is 23. The summed E-state index contributed by atoms with van der Waals surface area (Å²) in [5, 5.41) is 140. The lowest BCUT2D eigenvalue weighted by Gasteiger charge is -2.50. The van der Waals surface area contributed by atoms with Crippen LogP contribution in [-0.4, -0.2) is 239 Å². The molecule has 0 aromatic rings. The minimum absolute atomic E-state index is 0.754. The Bertz CT molecular complexity index is 1270. The van der Waals surface area contributed by atoms with Gasteiger partial charge in [0.2, 0.25) is 5.91 Å². The number of aliphatic hydroxyl groups excluding tert-OH is 13. The SMILES string of the molecule is CC(=O)N[C@H]1[C@H](O[C@H]2[C@H](O[C@H]3O[C@H](C)[C@H](O)[C@H](O)[C@@H]3O)[C@H](O)[C@H](C)O[C@@H]2O)O[C@H](CO)[C@@H](O)[C@@H]1O[C@@H]1O[C@@H](C)[C@@H](O)[C@@H](O[C@H]2O[C@H](CO)[C@@H](O)[C@H](O)[C@H]2O)[C@@H]1O. The zero-order valence-electron chi connectivity index (χ0n) is 30.7. The maximum absolute atomic E-state index is 12.6. The van der Waals surface area contributed by atoms with Crippen LogP contribution >= 0.6 is 0 Å². The van der Waals surface area contributed by atoms with Crippen LogP contribution in [0.25, 0.3) is 0 Å². The normalized spacial score (nSPS) is 53.1. The third-order valence-electron chi connectivity index (χ3n) is 10.6. The van der Waals surface area contributed by atoms with Gasteiger partial charge < -0.3 is 114 Å². The van der Waals surface area contributed by atoms with Crippen LogP contribution in [0.1, 0.15) is 27.7 Å². The van der Waals surface area contributed by atoms with E-state index in [1.54, 1.807) is 0 Å². The molecule has 326 valence electrons. The molecule has 1 amide bonds. The van der Waals surface area contributed by atoms with Crippen LogP contribution < -0.4 is 5.32 Å². The lowest BCUT2D eigenvalue weighted by Crippen LogP contribution is -2.70. The second-order valence-electron chi connectivity index (χ2n) is 14.6. The number of ether oxygens (including phenoxy) is 9. The fourth-order valence-electron chi connectivity index (χ4n) is 7.23. The molecule has 0 aromatic heterocycles. The Morgan fingerprint density at radius 2 is 0.893 bits per heavy atom. The molecular formula is C32H55NO23. The number of aliphatic hydroxyl groups is 13. The third-order valence-corrected chi connectivity index (χ3v) is 10.6. The van der Waals surface area contributed by atoms with E-state index >= 15 is 0 Å². The van der Waals surface area contributed by atoms with E-state index < -0.39 is 173 Å². The fourth-order valence-corrected chi connectivity index (χ4v) is 7.23. The Kier molecular flexibility index (Phi) is 15.4. The van der Waals surface area contributed by atoms with Gasteiger partial charge in [-0.1, -0.05) is 0 Å². The molecule has 0 saturated carbocycles. The van der Waals surface area contributed by atoms with E-state index in [2.05, 4.69) is 5.32 Å². The molecule has 5 rings (SSSR count). The van der Waals surface area contributed by atoms with Crippen molar-refractivity contribution in [3.63, 3.8) is 0 Å². The quantitative estimate of drug-likeness (QED) is 0.0920. The summed E-state index contributed by atoms with van der Waals surface area (Å²) < 4.78 is 51.3. The van der Waals surface area contributed by atoms with E-state index in [1.165, 1.54) is 20.8 Å². The molecule has 0 unspecified atom stereocenters. The second-order valence-corrected chi connectivity index (χ2v) is 14.6. The third kappa shape index (κ3) is 9.31. The van der Waals surface area contributed by atoms with Crippen molar-refractivity contribution in [1.29, 1.82) is 0 Å². The first kappa shape index (κ1) is 45.7. The Hall–Kier alpha value is -1.41. The zero-order chi connectivity index (χ0) is 41.5. The van der Waals surface area contributed by atoms with Gasteiger partial charge in [0, 0.05) is 6.92 Å². The highest BCUT2D eigenvalue weighted by Crippen LogP contribution is 2.36. The molecule has 14 N–H and O–H groups in total. The minimum Gasteiger partial charge on any atom is -0.394 e.